The number of nitrogens with zero attached hydrogens (tertiary/aromatic N) is 4. The standard InChI is InChI=1S/C16H27F3N6/c1-3-20-15(21-7-4-5-13-9-22-24(2)10-13)23-14-6-8-25(11-14)12-16(17,18)19/h9-10,14H,3-8,11-12H2,1-2H3,(H2,20,21,23). The van der Waals surface area contributed by atoms with Gasteiger partial charge >= 0.3 is 6.18 Å². The lowest BCUT2D eigenvalue weighted by atomic mass is 10.2. The highest BCUT2D eigenvalue weighted by Gasteiger charge is 2.34. The van der Waals surface area contributed by atoms with E-state index in [1.165, 1.54) is 10.5 Å². The van der Waals surface area contributed by atoms with Crippen molar-refractivity contribution in [1.29, 1.82) is 0 Å². The van der Waals surface area contributed by atoms with Gasteiger partial charge in [-0.25, -0.2) is 0 Å². The number of alkyl halides is 3. The normalized spacial score (nSPS) is 19.4. The highest BCUT2D eigenvalue weighted by molar-refractivity contribution is 5.80. The number of nitrogens with one attached hydrogen (secondary N) is 2. The molecule has 0 radical (unpaired) electrons. The molecule has 2 rings (SSSR count). The Bertz CT molecular complexity index is 554. The van der Waals surface area contributed by atoms with Crippen LogP contribution in [-0.4, -0.2) is 65.6 Å². The lowest BCUT2D eigenvalue weighted by molar-refractivity contribution is -0.143. The van der Waals surface area contributed by atoms with Crippen molar-refractivity contribution in [1.82, 2.24) is 25.3 Å². The fourth-order valence-electron chi connectivity index (χ4n) is 2.94. The van der Waals surface area contributed by atoms with Crippen molar-refractivity contribution in [2.24, 2.45) is 12.0 Å². The van der Waals surface area contributed by atoms with Gasteiger partial charge in [0.05, 0.1) is 12.7 Å². The largest absolute Gasteiger partial charge is 0.401 e. The first-order valence-electron chi connectivity index (χ1n) is 8.67. The molecular formula is C16H27F3N6. The monoisotopic (exact) mass is 360 g/mol. The zero-order chi connectivity index (χ0) is 18.3. The summed E-state index contributed by atoms with van der Waals surface area (Å²) in [6.45, 7) is 3.34. The van der Waals surface area contributed by atoms with Crippen molar-refractivity contribution in [2.45, 2.75) is 38.4 Å². The summed E-state index contributed by atoms with van der Waals surface area (Å²) in [5, 5.41) is 10.5. The summed E-state index contributed by atoms with van der Waals surface area (Å²) in [6, 6.07) is -0.00141. The van der Waals surface area contributed by atoms with Gasteiger partial charge in [0.25, 0.3) is 0 Å². The number of aliphatic imine (C=N–C) groups is 1. The molecule has 0 aliphatic carbocycles. The van der Waals surface area contributed by atoms with E-state index in [1.807, 2.05) is 26.4 Å². The van der Waals surface area contributed by atoms with E-state index in [0.29, 0.717) is 38.6 Å². The van der Waals surface area contributed by atoms with Crippen molar-refractivity contribution in [2.75, 3.05) is 32.7 Å². The first-order chi connectivity index (χ1) is 11.9. The highest BCUT2D eigenvalue weighted by Crippen LogP contribution is 2.19. The van der Waals surface area contributed by atoms with Gasteiger partial charge < -0.3 is 10.6 Å². The SMILES string of the molecule is CCNC(=NCCCc1cnn(C)c1)NC1CCN(CC(F)(F)F)C1. The van der Waals surface area contributed by atoms with Crippen LogP contribution in [0.3, 0.4) is 0 Å². The Morgan fingerprint density at radius 3 is 2.88 bits per heavy atom. The predicted octanol–water partition coefficient (Wildman–Crippen LogP) is 1.54. The van der Waals surface area contributed by atoms with Gasteiger partial charge in [-0.15, -0.1) is 0 Å². The number of guanidine groups is 1. The first kappa shape index (κ1) is 19.6. The van der Waals surface area contributed by atoms with Crippen LogP contribution in [0.5, 0.6) is 0 Å². The van der Waals surface area contributed by atoms with Crippen LogP contribution in [0.4, 0.5) is 13.2 Å². The van der Waals surface area contributed by atoms with E-state index in [-0.39, 0.29) is 6.04 Å². The van der Waals surface area contributed by atoms with Crippen LogP contribution in [0.2, 0.25) is 0 Å². The molecule has 2 heterocycles. The van der Waals surface area contributed by atoms with Gasteiger partial charge in [-0.3, -0.25) is 14.6 Å². The van der Waals surface area contributed by atoms with Gasteiger partial charge in [0.1, 0.15) is 0 Å². The molecule has 1 aliphatic heterocycles. The molecule has 1 aromatic rings. The van der Waals surface area contributed by atoms with E-state index in [2.05, 4.69) is 20.7 Å². The van der Waals surface area contributed by atoms with E-state index < -0.39 is 12.7 Å². The van der Waals surface area contributed by atoms with Gasteiger partial charge in [0.2, 0.25) is 0 Å². The average Bonchev–Trinajstić information content (AvgIpc) is 3.11. The smallest absolute Gasteiger partial charge is 0.357 e. The van der Waals surface area contributed by atoms with Crippen LogP contribution in [0.1, 0.15) is 25.3 Å². The lowest BCUT2D eigenvalue weighted by Gasteiger charge is -2.19. The molecule has 1 unspecified atom stereocenters. The minimum absolute atomic E-state index is 0.00141. The molecule has 25 heavy (non-hydrogen) atoms. The van der Waals surface area contributed by atoms with Crippen LogP contribution in [0.25, 0.3) is 0 Å². The summed E-state index contributed by atoms with van der Waals surface area (Å²) in [7, 11) is 1.89. The first-order valence-corrected chi connectivity index (χ1v) is 8.67. The van der Waals surface area contributed by atoms with Gasteiger partial charge in [-0.2, -0.15) is 18.3 Å². The lowest BCUT2D eigenvalue weighted by Crippen LogP contribution is -2.45. The minimum atomic E-state index is -4.14. The Morgan fingerprint density at radius 1 is 1.44 bits per heavy atom. The Hall–Kier alpha value is -1.77. The molecule has 0 spiro atoms. The highest BCUT2D eigenvalue weighted by atomic mass is 19.4. The molecule has 0 amide bonds. The van der Waals surface area contributed by atoms with Crippen LogP contribution < -0.4 is 10.6 Å². The Kier molecular flexibility index (Phi) is 7.10. The van der Waals surface area contributed by atoms with E-state index >= 15 is 0 Å². The Morgan fingerprint density at radius 2 is 2.24 bits per heavy atom. The number of likely N-dealkylation sites (tertiary alicyclic amines) is 1. The molecule has 1 fully saturated rings. The van der Waals surface area contributed by atoms with Crippen molar-refractivity contribution >= 4 is 5.96 Å². The van der Waals surface area contributed by atoms with Gasteiger partial charge in [0.15, 0.2) is 5.96 Å². The van der Waals surface area contributed by atoms with Gasteiger partial charge in [-0.1, -0.05) is 0 Å². The van der Waals surface area contributed by atoms with Gasteiger partial charge in [-0.05, 0) is 31.7 Å². The summed E-state index contributed by atoms with van der Waals surface area (Å²) in [5.41, 5.74) is 1.18. The van der Waals surface area contributed by atoms with Crippen LogP contribution in [0, 0.1) is 0 Å². The van der Waals surface area contributed by atoms with Crippen molar-refractivity contribution in [3.8, 4) is 0 Å². The summed E-state index contributed by atoms with van der Waals surface area (Å²) in [6.07, 6.45) is 2.19. The third-order valence-electron chi connectivity index (χ3n) is 4.01. The molecule has 2 N–H and O–H groups in total. The number of hydrogen-bond acceptors (Lipinski definition) is 3. The fraction of sp³-hybridized carbons (Fsp3) is 0.750. The summed E-state index contributed by atoms with van der Waals surface area (Å²) in [5.74, 6) is 0.674. The maximum atomic E-state index is 12.5. The second-order valence-electron chi connectivity index (χ2n) is 6.37. The van der Waals surface area contributed by atoms with Crippen LogP contribution in [0.15, 0.2) is 17.4 Å². The molecule has 0 bridgehead atoms. The maximum Gasteiger partial charge on any atom is 0.401 e. The van der Waals surface area contributed by atoms with E-state index in [0.717, 1.165) is 12.8 Å². The van der Waals surface area contributed by atoms with Crippen LogP contribution in [-0.2, 0) is 13.5 Å². The van der Waals surface area contributed by atoms with E-state index in [4.69, 9.17) is 0 Å². The van der Waals surface area contributed by atoms with Crippen LogP contribution >= 0.6 is 0 Å². The number of rotatable bonds is 7. The summed E-state index contributed by atoms with van der Waals surface area (Å²) >= 11 is 0. The zero-order valence-electron chi connectivity index (χ0n) is 14.8. The quantitative estimate of drug-likeness (QED) is 0.440. The average molecular weight is 360 g/mol. The topological polar surface area (TPSA) is 57.5 Å². The van der Waals surface area contributed by atoms with Crippen molar-refractivity contribution < 1.29 is 13.2 Å². The Balaban J connectivity index is 1.75. The second kappa shape index (κ2) is 9.07. The Labute approximate surface area is 146 Å². The number of hydrogen-bond donors (Lipinski definition) is 2. The van der Waals surface area contributed by atoms with Crippen molar-refractivity contribution in [3.05, 3.63) is 18.0 Å². The number of halogens is 3. The molecule has 1 aliphatic rings. The molecular weight excluding hydrogens is 333 g/mol. The second-order valence-corrected chi connectivity index (χ2v) is 6.37. The third-order valence-corrected chi connectivity index (χ3v) is 4.01. The minimum Gasteiger partial charge on any atom is -0.357 e. The predicted molar refractivity (Wildman–Crippen MR) is 91.5 cm³/mol. The number of aromatic nitrogens is 2. The number of aryl methyl sites for hydroxylation is 2. The van der Waals surface area contributed by atoms with E-state index in [9.17, 15) is 13.2 Å². The molecule has 9 heteroatoms. The molecule has 1 aromatic heterocycles. The molecule has 1 atom stereocenters. The summed E-state index contributed by atoms with van der Waals surface area (Å²) in [4.78, 5) is 5.96. The van der Waals surface area contributed by atoms with Crippen molar-refractivity contribution in [3.63, 3.8) is 0 Å². The van der Waals surface area contributed by atoms with E-state index in [1.54, 1.807) is 4.68 Å². The molecule has 1 saturated heterocycles. The molecule has 0 saturated carbocycles. The summed E-state index contributed by atoms with van der Waals surface area (Å²) < 4.78 is 39.2. The third kappa shape index (κ3) is 7.33. The molecule has 6 nitrogen and oxygen atoms in total. The molecule has 0 aromatic carbocycles. The zero-order valence-corrected chi connectivity index (χ0v) is 14.8. The fourth-order valence-corrected chi connectivity index (χ4v) is 2.94. The molecule has 142 valence electrons. The maximum absolute atomic E-state index is 12.5. The van der Waals surface area contributed by atoms with Gasteiger partial charge in [0, 0.05) is 45.5 Å².